The maximum Gasteiger partial charge on any atom is 0.170 e. The van der Waals surface area contributed by atoms with Crippen molar-refractivity contribution in [2.75, 3.05) is 6.16 Å². The number of benzene rings is 4. The summed E-state index contributed by atoms with van der Waals surface area (Å²) in [5, 5.41) is 15.3. The van der Waals surface area contributed by atoms with Crippen molar-refractivity contribution in [1.82, 2.24) is 0 Å². The summed E-state index contributed by atoms with van der Waals surface area (Å²) < 4.78 is 14.5. The van der Waals surface area contributed by atoms with Crippen molar-refractivity contribution < 1.29 is 9.67 Å². The van der Waals surface area contributed by atoms with Crippen LogP contribution in [0.5, 0.6) is 0 Å². The van der Waals surface area contributed by atoms with Crippen LogP contribution in [-0.2, 0) is 4.57 Å². The molecule has 4 aromatic rings. The molecule has 1 N–H and O–H groups in total. The Labute approximate surface area is 179 Å². The van der Waals surface area contributed by atoms with Crippen LogP contribution < -0.4 is 21.2 Å². The monoisotopic (exact) mass is 430 g/mol. The molecule has 0 bridgehead atoms. The highest BCUT2D eigenvalue weighted by Crippen LogP contribution is 2.51. The molecule has 0 saturated heterocycles. The Hall–Kier alpha value is -2.50. The van der Waals surface area contributed by atoms with E-state index in [1.54, 1.807) is 0 Å². The predicted octanol–water partition coefficient (Wildman–Crippen LogP) is 4.45. The first-order valence-corrected chi connectivity index (χ1v) is 13.3. The minimum Gasteiger partial charge on any atom is -0.384 e. The Bertz CT molecular complexity index is 1020. The van der Waals surface area contributed by atoms with Crippen molar-refractivity contribution in [2.24, 2.45) is 0 Å². The van der Waals surface area contributed by atoms with Crippen LogP contribution >= 0.6 is 15.1 Å². The van der Waals surface area contributed by atoms with Gasteiger partial charge in [-0.3, -0.25) is 0 Å². The molecule has 0 aliphatic rings. The van der Waals surface area contributed by atoms with Crippen molar-refractivity contribution >= 4 is 36.3 Å². The molecular weight excluding hydrogens is 406 g/mol. The van der Waals surface area contributed by atoms with E-state index < -0.39 is 20.9 Å². The summed E-state index contributed by atoms with van der Waals surface area (Å²) in [6.45, 7) is 0. The fraction of sp³-hybridized carbons (Fsp3) is 0.0769. The summed E-state index contributed by atoms with van der Waals surface area (Å²) >= 11 is 0. The summed E-state index contributed by atoms with van der Waals surface area (Å²) in [6, 6.07) is 39.3. The van der Waals surface area contributed by atoms with E-state index in [-0.39, 0.29) is 0 Å². The fourth-order valence-corrected chi connectivity index (χ4v) is 9.38. The van der Waals surface area contributed by atoms with E-state index in [0.717, 1.165) is 0 Å². The number of hydrogen-bond donors (Lipinski definition) is 1. The third kappa shape index (κ3) is 4.32. The second-order valence-electron chi connectivity index (χ2n) is 7.09. The molecule has 4 heteroatoms. The van der Waals surface area contributed by atoms with E-state index in [0.29, 0.717) is 16.8 Å². The maximum atomic E-state index is 14.5. The lowest BCUT2D eigenvalue weighted by Gasteiger charge is -2.29. The van der Waals surface area contributed by atoms with Gasteiger partial charge in [-0.25, -0.2) is 0 Å². The van der Waals surface area contributed by atoms with Gasteiger partial charge >= 0.3 is 0 Å². The first kappa shape index (κ1) is 20.8. The molecule has 0 spiro atoms. The van der Waals surface area contributed by atoms with Crippen LogP contribution in [-0.4, -0.2) is 17.1 Å². The van der Waals surface area contributed by atoms with Gasteiger partial charge in [0.15, 0.2) is 7.14 Å². The van der Waals surface area contributed by atoms with E-state index in [9.17, 15) is 9.67 Å². The molecule has 0 heterocycles. The molecule has 1 atom stereocenters. The number of aliphatic hydroxyl groups is 1. The van der Waals surface area contributed by atoms with Gasteiger partial charge in [0.1, 0.15) is 5.85 Å². The maximum absolute atomic E-state index is 14.5. The van der Waals surface area contributed by atoms with E-state index in [1.165, 1.54) is 10.6 Å². The minimum absolute atomic E-state index is 0.435. The largest absolute Gasteiger partial charge is 0.384 e. The summed E-state index contributed by atoms with van der Waals surface area (Å²) in [7, 11) is -4.10. The fourth-order valence-electron chi connectivity index (χ4n) is 3.65. The molecule has 4 aromatic carbocycles. The van der Waals surface area contributed by atoms with Gasteiger partial charge in [0.25, 0.3) is 0 Å². The van der Waals surface area contributed by atoms with Crippen molar-refractivity contribution in [2.45, 2.75) is 5.85 Å². The van der Waals surface area contributed by atoms with E-state index in [1.807, 2.05) is 97.1 Å². The summed E-state index contributed by atoms with van der Waals surface area (Å²) in [6.07, 6.45) is 0.435. The lowest BCUT2D eigenvalue weighted by atomic mass is 10.4. The van der Waals surface area contributed by atoms with Gasteiger partial charge in [0.2, 0.25) is 0 Å². The lowest BCUT2D eigenvalue weighted by Crippen LogP contribution is -2.30. The van der Waals surface area contributed by atoms with Crippen molar-refractivity contribution in [3.63, 3.8) is 0 Å². The van der Waals surface area contributed by atoms with Crippen LogP contribution in [0.15, 0.2) is 121 Å². The Morgan fingerprint density at radius 3 is 1.30 bits per heavy atom. The normalized spacial score (nSPS) is 12.6. The second kappa shape index (κ2) is 9.54. The van der Waals surface area contributed by atoms with Gasteiger partial charge in [-0.15, -0.1) is 0 Å². The zero-order valence-electron chi connectivity index (χ0n) is 16.6. The number of aliphatic hydroxyl groups excluding tert-OH is 1. The first-order valence-electron chi connectivity index (χ1n) is 9.96. The highest BCUT2D eigenvalue weighted by atomic mass is 31.2. The van der Waals surface area contributed by atoms with Crippen molar-refractivity contribution in [3.05, 3.63) is 121 Å². The molecule has 4 rings (SSSR count). The van der Waals surface area contributed by atoms with Gasteiger partial charge in [-0.1, -0.05) is 121 Å². The van der Waals surface area contributed by atoms with Crippen molar-refractivity contribution in [1.29, 1.82) is 0 Å². The molecular formula is C26H24O2P2. The standard InChI is InChI=1S/C26H24O2P2/c27-26(21-29(22-13-5-1-6-14-22)23-15-7-2-8-16-23)30(28,24-17-9-3-10-18-24)25-19-11-4-12-20-25/h1-20,26-27H,21H2. The lowest BCUT2D eigenvalue weighted by molar-refractivity contribution is 0.274. The van der Waals surface area contributed by atoms with E-state index in [4.69, 9.17) is 0 Å². The third-order valence-corrected chi connectivity index (χ3v) is 11.2. The Morgan fingerprint density at radius 1 is 0.600 bits per heavy atom. The zero-order chi connectivity index (χ0) is 20.8. The van der Waals surface area contributed by atoms with Crippen molar-refractivity contribution in [3.8, 4) is 0 Å². The van der Waals surface area contributed by atoms with Crippen LogP contribution in [0, 0.1) is 0 Å². The molecule has 2 nitrogen and oxygen atoms in total. The molecule has 0 radical (unpaired) electrons. The molecule has 0 aromatic heterocycles. The van der Waals surface area contributed by atoms with Crippen LogP contribution in [0.3, 0.4) is 0 Å². The van der Waals surface area contributed by atoms with Gasteiger partial charge in [0, 0.05) is 16.8 Å². The first-order chi connectivity index (χ1) is 14.7. The summed E-state index contributed by atoms with van der Waals surface area (Å²) in [5.41, 5.74) is 0. The number of hydrogen-bond acceptors (Lipinski definition) is 2. The molecule has 30 heavy (non-hydrogen) atoms. The molecule has 0 aliphatic heterocycles. The zero-order valence-corrected chi connectivity index (χ0v) is 18.4. The topological polar surface area (TPSA) is 37.3 Å². The van der Waals surface area contributed by atoms with Crippen LogP contribution in [0.25, 0.3) is 0 Å². The van der Waals surface area contributed by atoms with Gasteiger partial charge in [-0.2, -0.15) is 0 Å². The van der Waals surface area contributed by atoms with Crippen LogP contribution in [0.4, 0.5) is 0 Å². The molecule has 0 saturated carbocycles. The molecule has 0 amide bonds. The molecule has 0 fully saturated rings. The van der Waals surface area contributed by atoms with Crippen LogP contribution in [0.2, 0.25) is 0 Å². The Morgan fingerprint density at radius 2 is 0.933 bits per heavy atom. The van der Waals surface area contributed by atoms with Gasteiger partial charge in [0.05, 0.1) is 0 Å². The Kier molecular flexibility index (Phi) is 6.60. The predicted molar refractivity (Wildman–Crippen MR) is 130 cm³/mol. The van der Waals surface area contributed by atoms with Crippen LogP contribution in [0.1, 0.15) is 0 Å². The average Bonchev–Trinajstić information content (AvgIpc) is 2.84. The number of rotatable bonds is 7. The average molecular weight is 430 g/mol. The Balaban J connectivity index is 1.77. The molecule has 0 aliphatic carbocycles. The smallest absolute Gasteiger partial charge is 0.170 e. The van der Waals surface area contributed by atoms with Gasteiger partial charge in [-0.05, 0) is 18.5 Å². The second-order valence-corrected chi connectivity index (χ2v) is 12.3. The summed E-state index contributed by atoms with van der Waals surface area (Å²) in [5.74, 6) is -0.978. The van der Waals surface area contributed by atoms with E-state index in [2.05, 4.69) is 24.3 Å². The summed E-state index contributed by atoms with van der Waals surface area (Å²) in [4.78, 5) is 0. The highest BCUT2D eigenvalue weighted by Gasteiger charge is 2.37. The van der Waals surface area contributed by atoms with E-state index >= 15 is 0 Å². The van der Waals surface area contributed by atoms with Gasteiger partial charge < -0.3 is 9.67 Å². The minimum atomic E-state index is -3.24. The third-order valence-electron chi connectivity index (χ3n) is 5.18. The SMILES string of the molecule is O=P(c1ccccc1)(c1ccccc1)C(O)CP(c1ccccc1)c1ccccc1. The highest BCUT2D eigenvalue weighted by molar-refractivity contribution is 7.80. The quantitative estimate of drug-likeness (QED) is 0.440. The molecule has 150 valence electrons. The molecule has 1 unspecified atom stereocenters.